The summed E-state index contributed by atoms with van der Waals surface area (Å²) >= 11 is 0. The third kappa shape index (κ3) is 2.88. The highest BCUT2D eigenvalue weighted by molar-refractivity contribution is 6.04. The van der Waals surface area contributed by atoms with Crippen molar-refractivity contribution in [1.29, 1.82) is 0 Å². The summed E-state index contributed by atoms with van der Waals surface area (Å²) in [5, 5.41) is 47.2. The number of anilines is 1. The van der Waals surface area contributed by atoms with Gasteiger partial charge in [-0.25, -0.2) is 9.69 Å². The molecule has 0 atom stereocenters. The molecule has 0 saturated heterocycles. The fourth-order valence-corrected chi connectivity index (χ4v) is 1.60. The summed E-state index contributed by atoms with van der Waals surface area (Å²) in [4.78, 5) is 32.1. The van der Waals surface area contributed by atoms with Gasteiger partial charge in [0.25, 0.3) is 5.69 Å². The van der Waals surface area contributed by atoms with E-state index in [0.29, 0.717) is 0 Å². The number of nitrogens with zero attached hydrogens (tertiary/aromatic N) is 2. The summed E-state index contributed by atoms with van der Waals surface area (Å²) in [6.45, 7) is 0.764. The summed E-state index contributed by atoms with van der Waals surface area (Å²) in [6, 6.07) is 2.80. The maximum absolute atomic E-state index is 11.4. The molecule has 0 fully saturated rings. The Morgan fingerprint density at radius 3 is 2.20 bits per heavy atom. The molecule has 0 unspecified atom stereocenters. The van der Waals surface area contributed by atoms with Crippen LogP contribution in [0.4, 0.5) is 11.4 Å². The normalized spacial score (nSPS) is 11.0. The van der Waals surface area contributed by atoms with Crippen molar-refractivity contribution in [1.82, 2.24) is 0 Å². The smallest absolute Gasteiger partial charge is 0.376 e. The minimum atomic E-state index is -3.79. The first-order chi connectivity index (χ1) is 9.07. The van der Waals surface area contributed by atoms with E-state index in [1.54, 1.807) is 0 Å². The van der Waals surface area contributed by atoms with Crippen molar-refractivity contribution in [2.24, 2.45) is 0 Å². The van der Waals surface area contributed by atoms with Gasteiger partial charge in [0.15, 0.2) is 0 Å². The number of amides is 1. The zero-order chi connectivity index (χ0) is 15.7. The maximum atomic E-state index is 11.4. The van der Waals surface area contributed by atoms with Crippen molar-refractivity contribution in [2.75, 3.05) is 4.90 Å². The predicted molar refractivity (Wildman–Crippen MR) is 62.6 cm³/mol. The van der Waals surface area contributed by atoms with Crippen LogP contribution < -0.4 is 4.90 Å². The minimum Gasteiger partial charge on any atom is -0.478 e. The Labute approximate surface area is 111 Å². The highest BCUT2D eigenvalue weighted by atomic mass is 16.7. The van der Waals surface area contributed by atoms with Crippen molar-refractivity contribution in [3.05, 3.63) is 33.9 Å². The molecule has 0 heterocycles. The molecular formula is C10H10N2O8. The van der Waals surface area contributed by atoms with Gasteiger partial charge in [0.05, 0.1) is 10.5 Å². The lowest BCUT2D eigenvalue weighted by Crippen LogP contribution is -2.52. The average molecular weight is 286 g/mol. The Kier molecular flexibility index (Phi) is 4.03. The van der Waals surface area contributed by atoms with Gasteiger partial charge in [-0.05, 0) is 6.07 Å². The van der Waals surface area contributed by atoms with Crippen LogP contribution in [0.5, 0.6) is 0 Å². The van der Waals surface area contributed by atoms with E-state index in [2.05, 4.69) is 0 Å². The summed E-state index contributed by atoms with van der Waals surface area (Å²) in [6.07, 6.45) is -3.79. The topological polar surface area (TPSA) is 161 Å². The molecule has 1 rings (SSSR count). The van der Waals surface area contributed by atoms with Gasteiger partial charge in [-0.3, -0.25) is 14.9 Å². The Morgan fingerprint density at radius 1 is 1.30 bits per heavy atom. The fraction of sp³-hybridized carbons (Fsp3) is 0.200. The van der Waals surface area contributed by atoms with Gasteiger partial charge in [0, 0.05) is 13.0 Å². The highest BCUT2D eigenvalue weighted by Gasteiger charge is 2.40. The van der Waals surface area contributed by atoms with Crippen LogP contribution in [0, 0.1) is 10.1 Å². The summed E-state index contributed by atoms with van der Waals surface area (Å²) < 4.78 is 0. The minimum absolute atomic E-state index is 0.200. The Hall–Kier alpha value is -2.56. The van der Waals surface area contributed by atoms with Crippen molar-refractivity contribution < 1.29 is 34.9 Å². The second-order valence-electron chi connectivity index (χ2n) is 3.69. The third-order valence-corrected chi connectivity index (χ3v) is 2.28. The average Bonchev–Trinajstić information content (AvgIpc) is 2.25. The number of aromatic carboxylic acids is 1. The molecule has 0 aliphatic carbocycles. The van der Waals surface area contributed by atoms with E-state index >= 15 is 0 Å². The quantitative estimate of drug-likeness (QED) is 0.318. The molecule has 0 aromatic heterocycles. The molecule has 0 radical (unpaired) electrons. The molecule has 1 aromatic carbocycles. The number of carbonyl (C=O) groups is 2. The van der Waals surface area contributed by atoms with E-state index in [1.165, 1.54) is 0 Å². The van der Waals surface area contributed by atoms with Gasteiger partial charge in [-0.15, -0.1) is 0 Å². The second kappa shape index (κ2) is 5.21. The molecule has 0 aliphatic heterocycles. The lowest BCUT2D eigenvalue weighted by molar-refractivity contribution is -0.385. The fourth-order valence-electron chi connectivity index (χ4n) is 1.60. The van der Waals surface area contributed by atoms with Crippen LogP contribution >= 0.6 is 0 Å². The number of rotatable bonds is 4. The van der Waals surface area contributed by atoms with Crippen LogP contribution in [-0.2, 0) is 4.79 Å². The molecule has 0 spiro atoms. The number of nitro benzene ring substituents is 1. The van der Waals surface area contributed by atoms with Crippen molar-refractivity contribution in [3.8, 4) is 0 Å². The Bertz CT molecular complexity index is 545. The summed E-state index contributed by atoms with van der Waals surface area (Å²) in [5.41, 5.74) is -2.58. The van der Waals surface area contributed by atoms with E-state index < -0.39 is 39.8 Å². The number of nitro groups is 1. The van der Waals surface area contributed by atoms with Gasteiger partial charge >= 0.3 is 12.1 Å². The number of carboxylic acids is 1. The van der Waals surface area contributed by atoms with Gasteiger partial charge in [-0.2, -0.15) is 0 Å². The van der Waals surface area contributed by atoms with Gasteiger partial charge in [0.1, 0.15) is 5.69 Å². The largest absolute Gasteiger partial charge is 0.478 e. The van der Waals surface area contributed by atoms with Crippen LogP contribution in [0.2, 0.25) is 0 Å². The lowest BCUT2D eigenvalue weighted by Gasteiger charge is -2.29. The maximum Gasteiger partial charge on any atom is 0.376 e. The van der Waals surface area contributed by atoms with Crippen LogP contribution in [-0.4, -0.2) is 43.3 Å². The molecule has 1 aromatic rings. The Balaban J connectivity index is 3.74. The van der Waals surface area contributed by atoms with Crippen LogP contribution in [0.25, 0.3) is 0 Å². The predicted octanol–water partition coefficient (Wildman–Crippen LogP) is -0.766. The molecule has 0 aliphatic rings. The number of aliphatic hydroxyl groups is 3. The first-order valence-corrected chi connectivity index (χ1v) is 5.06. The van der Waals surface area contributed by atoms with Crippen LogP contribution in [0.1, 0.15) is 17.3 Å². The molecule has 108 valence electrons. The third-order valence-electron chi connectivity index (χ3n) is 2.28. The summed E-state index contributed by atoms with van der Waals surface area (Å²) in [7, 11) is 0. The first kappa shape index (κ1) is 15.5. The number of hydrogen-bond donors (Lipinski definition) is 4. The lowest BCUT2D eigenvalue weighted by atomic mass is 10.1. The van der Waals surface area contributed by atoms with Gasteiger partial charge < -0.3 is 20.4 Å². The zero-order valence-corrected chi connectivity index (χ0v) is 10.0. The number of carboxylic acid groups (broad SMARTS) is 1. The molecule has 0 saturated carbocycles. The number of para-hydroxylation sites is 1. The van der Waals surface area contributed by atoms with E-state index in [1.807, 2.05) is 0 Å². The Morgan fingerprint density at radius 2 is 1.85 bits per heavy atom. The second-order valence-corrected chi connectivity index (χ2v) is 3.69. The first-order valence-electron chi connectivity index (χ1n) is 5.06. The van der Waals surface area contributed by atoms with Crippen LogP contribution in [0.3, 0.4) is 0 Å². The number of benzene rings is 1. The summed E-state index contributed by atoms with van der Waals surface area (Å²) in [5.74, 6) is -2.87. The highest BCUT2D eigenvalue weighted by Crippen LogP contribution is 2.34. The standard InChI is InChI=1S/C10H10N2O8/c1-5(13)11(10(16,17)18)8-6(9(14)15)3-2-4-7(8)12(19)20/h2-4,16-18H,1H3,(H,14,15). The number of carbonyl (C=O) groups excluding carboxylic acids is 1. The van der Waals surface area contributed by atoms with Gasteiger partial charge in [-0.1, -0.05) is 6.07 Å². The molecule has 0 bridgehead atoms. The van der Waals surface area contributed by atoms with Gasteiger partial charge in [0.2, 0.25) is 5.91 Å². The van der Waals surface area contributed by atoms with E-state index in [4.69, 9.17) is 20.4 Å². The zero-order valence-electron chi connectivity index (χ0n) is 10.0. The van der Waals surface area contributed by atoms with Crippen molar-refractivity contribution in [2.45, 2.75) is 13.0 Å². The number of hydrogen-bond acceptors (Lipinski definition) is 7. The monoisotopic (exact) mass is 286 g/mol. The molecular weight excluding hydrogens is 276 g/mol. The molecule has 1 amide bonds. The van der Waals surface area contributed by atoms with Crippen molar-refractivity contribution >= 4 is 23.3 Å². The van der Waals surface area contributed by atoms with Crippen molar-refractivity contribution in [3.63, 3.8) is 0 Å². The molecule has 10 heteroatoms. The molecule has 20 heavy (non-hydrogen) atoms. The van der Waals surface area contributed by atoms with E-state index in [9.17, 15) is 19.7 Å². The molecule has 4 N–H and O–H groups in total. The SMILES string of the molecule is CC(=O)N(c1c(C(=O)O)cccc1[N+](=O)[O-])C(O)(O)O. The van der Waals surface area contributed by atoms with E-state index in [-0.39, 0.29) is 4.90 Å². The van der Waals surface area contributed by atoms with E-state index in [0.717, 1.165) is 25.1 Å². The molecule has 10 nitrogen and oxygen atoms in total. The van der Waals surface area contributed by atoms with Crippen LogP contribution in [0.15, 0.2) is 18.2 Å².